The highest BCUT2D eigenvalue weighted by Gasteiger charge is 2.11. The highest BCUT2D eigenvalue weighted by molar-refractivity contribution is 5.99. The molecule has 0 spiro atoms. The molecule has 0 radical (unpaired) electrons. The summed E-state index contributed by atoms with van der Waals surface area (Å²) in [7, 11) is 1.50. The average Bonchev–Trinajstić information content (AvgIpc) is 2.81. The van der Waals surface area contributed by atoms with Gasteiger partial charge in [-0.3, -0.25) is 4.98 Å². The lowest BCUT2D eigenvalue weighted by molar-refractivity contribution is 0.262. The maximum absolute atomic E-state index is 12.1. The number of methoxy groups -OCH3 is 1. The number of urea groups is 1. The van der Waals surface area contributed by atoms with Crippen molar-refractivity contribution in [1.82, 2.24) is 4.98 Å². The molecule has 3 N–H and O–H groups in total. The molecular formula is C24H18N4O4. The molecule has 32 heavy (non-hydrogen) atoms. The van der Waals surface area contributed by atoms with E-state index in [1.54, 1.807) is 60.8 Å². The van der Waals surface area contributed by atoms with Crippen molar-refractivity contribution in [3.8, 4) is 29.1 Å². The number of pyridine rings is 1. The van der Waals surface area contributed by atoms with Crippen molar-refractivity contribution in [3.05, 3.63) is 78.5 Å². The number of phenols is 1. The van der Waals surface area contributed by atoms with Gasteiger partial charge in [-0.05, 0) is 60.7 Å². The maximum atomic E-state index is 12.1. The van der Waals surface area contributed by atoms with E-state index in [1.165, 1.54) is 19.2 Å². The molecule has 0 aliphatic carbocycles. The molecule has 0 atom stereocenters. The Morgan fingerprint density at radius 1 is 0.969 bits per heavy atom. The fourth-order valence-corrected chi connectivity index (χ4v) is 3.07. The van der Waals surface area contributed by atoms with Crippen LogP contribution in [0.3, 0.4) is 0 Å². The third-order valence-corrected chi connectivity index (χ3v) is 4.61. The summed E-state index contributed by atoms with van der Waals surface area (Å²) in [5.41, 5.74) is 2.16. The summed E-state index contributed by atoms with van der Waals surface area (Å²) in [6, 6.07) is 19.8. The molecule has 4 aromatic rings. The SMILES string of the molecule is COc1cc2nccc(Oc3ccc(NC(=O)Nc4ccc(O)cc4)cc3)c2cc1C#N. The van der Waals surface area contributed by atoms with Crippen molar-refractivity contribution in [1.29, 1.82) is 5.26 Å². The van der Waals surface area contributed by atoms with E-state index in [2.05, 4.69) is 21.7 Å². The zero-order valence-corrected chi connectivity index (χ0v) is 17.0. The maximum Gasteiger partial charge on any atom is 0.323 e. The van der Waals surface area contributed by atoms with E-state index >= 15 is 0 Å². The van der Waals surface area contributed by atoms with E-state index < -0.39 is 6.03 Å². The first kappa shape index (κ1) is 20.5. The number of nitrogens with zero attached hydrogens (tertiary/aromatic N) is 2. The highest BCUT2D eigenvalue weighted by atomic mass is 16.5. The molecule has 2 amide bonds. The Morgan fingerprint density at radius 2 is 1.62 bits per heavy atom. The molecular weight excluding hydrogens is 408 g/mol. The summed E-state index contributed by atoms with van der Waals surface area (Å²) >= 11 is 0. The van der Waals surface area contributed by atoms with E-state index in [4.69, 9.17) is 9.47 Å². The fraction of sp³-hybridized carbons (Fsp3) is 0.0417. The van der Waals surface area contributed by atoms with Crippen molar-refractivity contribution in [3.63, 3.8) is 0 Å². The van der Waals surface area contributed by atoms with Crippen LogP contribution in [0.1, 0.15) is 5.56 Å². The normalized spacial score (nSPS) is 10.2. The number of phenolic OH excluding ortho intramolecular Hbond substituents is 1. The topological polar surface area (TPSA) is 116 Å². The van der Waals surface area contributed by atoms with Crippen molar-refractivity contribution in [2.45, 2.75) is 0 Å². The molecule has 1 heterocycles. The summed E-state index contributed by atoms with van der Waals surface area (Å²) in [6.45, 7) is 0. The Bertz CT molecular complexity index is 1310. The van der Waals surface area contributed by atoms with Crippen LogP contribution in [0.5, 0.6) is 23.0 Å². The Hall–Kier alpha value is -4.77. The predicted molar refractivity (Wildman–Crippen MR) is 120 cm³/mol. The van der Waals surface area contributed by atoms with E-state index in [0.717, 1.165) is 0 Å². The molecule has 3 aromatic carbocycles. The highest BCUT2D eigenvalue weighted by Crippen LogP contribution is 2.33. The van der Waals surface area contributed by atoms with Crippen LogP contribution in [0.4, 0.5) is 16.2 Å². The van der Waals surface area contributed by atoms with Gasteiger partial charge in [0.05, 0.1) is 18.2 Å². The molecule has 0 bridgehead atoms. The standard InChI is InChI=1S/C24H18N4O4/c1-31-23-13-21-20(12-15(23)14-25)22(10-11-26-21)32-19-8-4-17(5-9-19)28-24(30)27-16-2-6-18(29)7-3-16/h2-13,29H,1H3,(H2,27,28,30). The number of rotatable bonds is 5. The molecule has 8 heteroatoms. The number of aromatic nitrogens is 1. The predicted octanol–water partition coefficient (Wildman–Crippen LogP) is 5.26. The van der Waals surface area contributed by atoms with Crippen LogP contribution in [0.2, 0.25) is 0 Å². The zero-order chi connectivity index (χ0) is 22.5. The second kappa shape index (κ2) is 8.93. The Balaban J connectivity index is 1.48. The number of aromatic hydroxyl groups is 1. The lowest BCUT2D eigenvalue weighted by atomic mass is 10.1. The minimum atomic E-state index is -0.414. The van der Waals surface area contributed by atoms with Gasteiger partial charge in [0, 0.05) is 29.0 Å². The number of carbonyl (C=O) groups is 1. The Labute approximate surface area is 183 Å². The van der Waals surface area contributed by atoms with E-state index in [1.807, 2.05) is 0 Å². The molecule has 1 aromatic heterocycles. The van der Waals surface area contributed by atoms with Crippen LogP contribution in [0.25, 0.3) is 10.9 Å². The minimum absolute atomic E-state index is 0.122. The molecule has 0 aliphatic rings. The van der Waals surface area contributed by atoms with Gasteiger partial charge in [0.2, 0.25) is 0 Å². The smallest absolute Gasteiger partial charge is 0.323 e. The number of ether oxygens (including phenoxy) is 2. The zero-order valence-electron chi connectivity index (χ0n) is 17.0. The Morgan fingerprint density at radius 3 is 2.25 bits per heavy atom. The monoisotopic (exact) mass is 426 g/mol. The van der Waals surface area contributed by atoms with Crippen LogP contribution in [0, 0.1) is 11.3 Å². The first-order valence-electron chi connectivity index (χ1n) is 9.57. The molecule has 0 saturated carbocycles. The van der Waals surface area contributed by atoms with Gasteiger partial charge in [0.1, 0.15) is 29.1 Å². The van der Waals surface area contributed by atoms with Gasteiger partial charge in [-0.1, -0.05) is 0 Å². The summed E-state index contributed by atoms with van der Waals surface area (Å²) < 4.78 is 11.2. The number of hydrogen-bond acceptors (Lipinski definition) is 6. The second-order valence-corrected chi connectivity index (χ2v) is 6.74. The lowest BCUT2D eigenvalue weighted by Crippen LogP contribution is -2.19. The number of benzene rings is 3. The van der Waals surface area contributed by atoms with Crippen molar-refractivity contribution in [2.24, 2.45) is 0 Å². The summed E-state index contributed by atoms with van der Waals surface area (Å²) in [6.07, 6.45) is 1.62. The van der Waals surface area contributed by atoms with Gasteiger partial charge < -0.3 is 25.2 Å². The van der Waals surface area contributed by atoms with Gasteiger partial charge >= 0.3 is 6.03 Å². The van der Waals surface area contributed by atoms with E-state index in [0.29, 0.717) is 45.1 Å². The summed E-state index contributed by atoms with van der Waals surface area (Å²) in [4.78, 5) is 16.5. The average molecular weight is 426 g/mol. The van der Waals surface area contributed by atoms with Crippen LogP contribution in [-0.4, -0.2) is 23.2 Å². The van der Waals surface area contributed by atoms with E-state index in [-0.39, 0.29) is 5.75 Å². The lowest BCUT2D eigenvalue weighted by Gasteiger charge is -2.11. The molecule has 0 fully saturated rings. The van der Waals surface area contributed by atoms with Gasteiger partial charge in [0.15, 0.2) is 0 Å². The number of nitrogens with one attached hydrogen (secondary N) is 2. The van der Waals surface area contributed by atoms with Crippen molar-refractivity contribution in [2.75, 3.05) is 17.7 Å². The third kappa shape index (κ3) is 4.52. The summed E-state index contributed by atoms with van der Waals surface area (Å²) in [5, 5.41) is 24.7. The number of nitriles is 1. The van der Waals surface area contributed by atoms with Gasteiger partial charge in [-0.2, -0.15) is 5.26 Å². The van der Waals surface area contributed by atoms with Gasteiger partial charge in [-0.25, -0.2) is 4.79 Å². The molecule has 0 unspecified atom stereocenters. The fourth-order valence-electron chi connectivity index (χ4n) is 3.07. The number of fused-ring (bicyclic) bond motifs is 1. The van der Waals surface area contributed by atoms with Crippen LogP contribution in [-0.2, 0) is 0 Å². The van der Waals surface area contributed by atoms with Crippen LogP contribution in [0.15, 0.2) is 72.9 Å². The van der Waals surface area contributed by atoms with Gasteiger partial charge in [-0.15, -0.1) is 0 Å². The molecule has 0 aliphatic heterocycles. The van der Waals surface area contributed by atoms with Crippen LogP contribution >= 0.6 is 0 Å². The van der Waals surface area contributed by atoms with Gasteiger partial charge in [0.25, 0.3) is 0 Å². The molecule has 158 valence electrons. The Kier molecular flexibility index (Phi) is 5.72. The molecule has 4 rings (SSSR count). The molecule has 0 saturated heterocycles. The van der Waals surface area contributed by atoms with Crippen molar-refractivity contribution >= 4 is 28.3 Å². The third-order valence-electron chi connectivity index (χ3n) is 4.61. The summed E-state index contributed by atoms with van der Waals surface area (Å²) in [5.74, 6) is 1.67. The van der Waals surface area contributed by atoms with Crippen LogP contribution < -0.4 is 20.1 Å². The quantitative estimate of drug-likeness (QED) is 0.375. The number of anilines is 2. The van der Waals surface area contributed by atoms with Crippen molar-refractivity contribution < 1.29 is 19.4 Å². The largest absolute Gasteiger partial charge is 0.508 e. The number of hydrogen-bond donors (Lipinski definition) is 3. The van der Waals surface area contributed by atoms with E-state index in [9.17, 15) is 15.2 Å². The minimum Gasteiger partial charge on any atom is -0.508 e. The number of amides is 2. The first-order valence-corrected chi connectivity index (χ1v) is 9.57. The first-order chi connectivity index (χ1) is 15.6. The molecule has 8 nitrogen and oxygen atoms in total. The second-order valence-electron chi connectivity index (χ2n) is 6.74. The number of carbonyl (C=O) groups excluding carboxylic acids is 1.